The van der Waals surface area contributed by atoms with Crippen LogP contribution in [0.5, 0.6) is 0 Å². The van der Waals surface area contributed by atoms with E-state index in [0.717, 1.165) is 23.4 Å². The fraction of sp³-hybridized carbons (Fsp3) is 0.750. The molecule has 0 radical (unpaired) electrons. The van der Waals surface area contributed by atoms with Crippen LogP contribution in [0, 0.1) is 18.8 Å². The Morgan fingerprint density at radius 2 is 2.26 bits per heavy atom. The molecule has 0 aliphatic heterocycles. The van der Waals surface area contributed by atoms with Crippen LogP contribution in [-0.4, -0.2) is 6.54 Å². The van der Waals surface area contributed by atoms with Crippen molar-refractivity contribution >= 4 is 22.9 Å². The van der Waals surface area contributed by atoms with Gasteiger partial charge < -0.3 is 5.32 Å². The summed E-state index contributed by atoms with van der Waals surface area (Å²) in [5, 5.41) is 6.95. The molecule has 1 aromatic heterocycles. The molecule has 1 saturated carbocycles. The molecule has 1 aliphatic rings. The Hall–Kier alpha value is -0.0500. The van der Waals surface area contributed by atoms with E-state index < -0.39 is 0 Å². The van der Waals surface area contributed by atoms with Gasteiger partial charge in [0.15, 0.2) is 0 Å². The average molecular weight is 300 g/mol. The van der Waals surface area contributed by atoms with Gasteiger partial charge in [0.05, 0.1) is 5.02 Å². The average Bonchev–Trinajstić information content (AvgIpc) is 2.72. The van der Waals surface area contributed by atoms with Crippen molar-refractivity contribution in [2.75, 3.05) is 6.54 Å². The number of nitrogens with one attached hydrogen (secondary N) is 1. The van der Waals surface area contributed by atoms with E-state index >= 15 is 0 Å². The molecule has 0 spiro atoms. The zero-order valence-corrected chi connectivity index (χ0v) is 13.9. The number of aryl methyl sites for hydroxylation is 1. The van der Waals surface area contributed by atoms with Gasteiger partial charge in [-0.1, -0.05) is 38.3 Å². The Bertz CT molecular complexity index is 401. The zero-order valence-electron chi connectivity index (χ0n) is 12.3. The molecule has 1 N–H and O–H groups in total. The van der Waals surface area contributed by atoms with E-state index in [1.54, 1.807) is 0 Å². The lowest BCUT2D eigenvalue weighted by Crippen LogP contribution is -2.31. The van der Waals surface area contributed by atoms with Crippen LogP contribution in [0.2, 0.25) is 5.02 Å². The Morgan fingerprint density at radius 1 is 1.47 bits per heavy atom. The van der Waals surface area contributed by atoms with Crippen molar-refractivity contribution in [3.05, 3.63) is 20.8 Å². The number of thiophene rings is 1. The molecule has 108 valence electrons. The second-order valence-corrected chi connectivity index (χ2v) is 7.35. The predicted octanol–water partition coefficient (Wildman–Crippen LogP) is 5.58. The molecule has 1 nitrogen and oxygen atoms in total. The molecule has 19 heavy (non-hydrogen) atoms. The Kier molecular flexibility index (Phi) is 5.73. The lowest BCUT2D eigenvalue weighted by Gasteiger charge is -2.33. The number of rotatable bonds is 5. The normalized spacial score (nSPS) is 25.5. The molecule has 3 heteroatoms. The molecule has 1 heterocycles. The maximum Gasteiger partial charge on any atom is 0.0590 e. The first-order chi connectivity index (χ1) is 9.13. The van der Waals surface area contributed by atoms with Gasteiger partial charge in [0.25, 0.3) is 0 Å². The van der Waals surface area contributed by atoms with Gasteiger partial charge in [0.2, 0.25) is 0 Å². The smallest absolute Gasteiger partial charge is 0.0590 e. The second kappa shape index (κ2) is 7.10. The van der Waals surface area contributed by atoms with Gasteiger partial charge in [-0.2, -0.15) is 0 Å². The van der Waals surface area contributed by atoms with Crippen LogP contribution in [-0.2, 0) is 0 Å². The van der Waals surface area contributed by atoms with Crippen molar-refractivity contribution < 1.29 is 0 Å². The Balaban J connectivity index is 2.17. The standard InChI is InChI=1S/C16H26ClNS/c1-4-8-18-15(13-7-5-6-11(2)9-13)16-14(17)12(3)10-19-16/h10-11,13,15,18H,4-9H2,1-3H3. The molecule has 1 fully saturated rings. The van der Waals surface area contributed by atoms with Crippen LogP contribution in [0.4, 0.5) is 0 Å². The van der Waals surface area contributed by atoms with Crippen LogP contribution in [0.25, 0.3) is 0 Å². The van der Waals surface area contributed by atoms with E-state index in [-0.39, 0.29) is 0 Å². The van der Waals surface area contributed by atoms with Crippen molar-refractivity contribution in [2.45, 2.75) is 58.9 Å². The third kappa shape index (κ3) is 3.74. The SMILES string of the molecule is CCCNC(c1scc(C)c1Cl)C1CCCC(C)C1. The van der Waals surface area contributed by atoms with Crippen molar-refractivity contribution in [3.63, 3.8) is 0 Å². The molecular formula is C16H26ClNS. The summed E-state index contributed by atoms with van der Waals surface area (Å²) in [7, 11) is 0. The summed E-state index contributed by atoms with van der Waals surface area (Å²) in [5.74, 6) is 1.62. The van der Waals surface area contributed by atoms with Crippen molar-refractivity contribution in [1.29, 1.82) is 0 Å². The first kappa shape index (κ1) is 15.3. The summed E-state index contributed by atoms with van der Waals surface area (Å²) in [6, 6.07) is 0.467. The summed E-state index contributed by atoms with van der Waals surface area (Å²) in [4.78, 5) is 1.37. The highest BCUT2D eigenvalue weighted by molar-refractivity contribution is 7.10. The zero-order chi connectivity index (χ0) is 13.8. The molecule has 0 saturated heterocycles. The fourth-order valence-electron chi connectivity index (χ4n) is 3.22. The third-order valence-electron chi connectivity index (χ3n) is 4.27. The molecule has 0 amide bonds. The maximum absolute atomic E-state index is 6.51. The minimum Gasteiger partial charge on any atom is -0.309 e. The Labute approximate surface area is 126 Å². The van der Waals surface area contributed by atoms with Crippen LogP contribution in [0.1, 0.15) is 62.4 Å². The van der Waals surface area contributed by atoms with E-state index in [9.17, 15) is 0 Å². The van der Waals surface area contributed by atoms with Crippen LogP contribution < -0.4 is 5.32 Å². The molecule has 0 aromatic carbocycles. The molecule has 3 atom stereocenters. The predicted molar refractivity (Wildman–Crippen MR) is 86.2 cm³/mol. The molecule has 1 aromatic rings. The summed E-state index contributed by atoms with van der Waals surface area (Å²) >= 11 is 8.34. The first-order valence-electron chi connectivity index (χ1n) is 7.60. The van der Waals surface area contributed by atoms with Crippen molar-refractivity contribution in [2.24, 2.45) is 11.8 Å². The van der Waals surface area contributed by atoms with E-state index in [0.29, 0.717) is 6.04 Å². The second-order valence-electron chi connectivity index (χ2n) is 6.06. The van der Waals surface area contributed by atoms with E-state index in [1.165, 1.54) is 42.5 Å². The Morgan fingerprint density at radius 3 is 2.84 bits per heavy atom. The third-order valence-corrected chi connectivity index (χ3v) is 6.07. The van der Waals surface area contributed by atoms with Gasteiger partial charge in [-0.15, -0.1) is 11.3 Å². The number of hydrogen-bond donors (Lipinski definition) is 1. The number of hydrogen-bond acceptors (Lipinski definition) is 2. The van der Waals surface area contributed by atoms with Gasteiger partial charge in [0.1, 0.15) is 0 Å². The van der Waals surface area contributed by atoms with Crippen LogP contribution >= 0.6 is 22.9 Å². The molecule has 0 bridgehead atoms. The highest BCUT2D eigenvalue weighted by Gasteiger charge is 2.29. The minimum atomic E-state index is 0.467. The van der Waals surface area contributed by atoms with E-state index in [4.69, 9.17) is 11.6 Å². The summed E-state index contributed by atoms with van der Waals surface area (Å²) in [5.41, 5.74) is 1.23. The molecular weight excluding hydrogens is 274 g/mol. The van der Waals surface area contributed by atoms with E-state index in [1.807, 2.05) is 11.3 Å². The maximum atomic E-state index is 6.51. The molecule has 3 unspecified atom stereocenters. The minimum absolute atomic E-state index is 0.467. The summed E-state index contributed by atoms with van der Waals surface area (Å²) < 4.78 is 0. The van der Waals surface area contributed by atoms with Gasteiger partial charge in [-0.05, 0) is 55.5 Å². The fourth-order valence-corrected chi connectivity index (χ4v) is 4.70. The summed E-state index contributed by atoms with van der Waals surface area (Å²) in [6.45, 7) is 7.82. The van der Waals surface area contributed by atoms with Crippen LogP contribution in [0.3, 0.4) is 0 Å². The topological polar surface area (TPSA) is 12.0 Å². The highest BCUT2D eigenvalue weighted by atomic mass is 35.5. The van der Waals surface area contributed by atoms with Crippen molar-refractivity contribution in [1.82, 2.24) is 5.32 Å². The monoisotopic (exact) mass is 299 g/mol. The molecule has 2 rings (SSSR count). The molecule has 1 aliphatic carbocycles. The van der Waals surface area contributed by atoms with Crippen LogP contribution in [0.15, 0.2) is 5.38 Å². The van der Waals surface area contributed by atoms with Gasteiger partial charge >= 0.3 is 0 Å². The largest absolute Gasteiger partial charge is 0.309 e. The number of halogens is 1. The van der Waals surface area contributed by atoms with Gasteiger partial charge in [-0.25, -0.2) is 0 Å². The lowest BCUT2D eigenvalue weighted by molar-refractivity contribution is 0.226. The van der Waals surface area contributed by atoms with Gasteiger partial charge in [-0.3, -0.25) is 0 Å². The van der Waals surface area contributed by atoms with Crippen molar-refractivity contribution in [3.8, 4) is 0 Å². The quantitative estimate of drug-likeness (QED) is 0.748. The van der Waals surface area contributed by atoms with Gasteiger partial charge in [0, 0.05) is 10.9 Å². The summed E-state index contributed by atoms with van der Waals surface area (Å²) in [6.07, 6.45) is 6.64. The lowest BCUT2D eigenvalue weighted by atomic mass is 9.78. The first-order valence-corrected chi connectivity index (χ1v) is 8.86. The highest BCUT2D eigenvalue weighted by Crippen LogP contribution is 2.42. The van der Waals surface area contributed by atoms with E-state index in [2.05, 4.69) is 31.5 Å².